The number of benzene rings is 2. The van der Waals surface area contributed by atoms with Crippen molar-refractivity contribution in [3.63, 3.8) is 0 Å². The molecule has 19 heavy (non-hydrogen) atoms. The highest BCUT2D eigenvalue weighted by molar-refractivity contribution is 6.42. The topological polar surface area (TPSA) is 26.3 Å². The SMILES string of the molecule is O=C(Oc1ccc(Cl)c(Cl)c1)c1cc(F)ccc1F. The molecule has 98 valence electrons. The Labute approximate surface area is 117 Å². The van der Waals surface area contributed by atoms with Crippen LogP contribution in [0.2, 0.25) is 10.0 Å². The Morgan fingerprint density at radius 1 is 1.00 bits per heavy atom. The number of hydrogen-bond donors (Lipinski definition) is 0. The van der Waals surface area contributed by atoms with Gasteiger partial charge in [0.05, 0.1) is 15.6 Å². The molecule has 0 unspecified atom stereocenters. The standard InChI is InChI=1S/C13H6Cl2F2O2/c14-10-3-2-8(6-11(10)15)19-13(18)9-5-7(16)1-4-12(9)17/h1-6H. The van der Waals surface area contributed by atoms with E-state index >= 15 is 0 Å². The van der Waals surface area contributed by atoms with E-state index < -0.39 is 23.2 Å². The van der Waals surface area contributed by atoms with Crippen molar-refractivity contribution >= 4 is 29.2 Å². The van der Waals surface area contributed by atoms with Crippen LogP contribution < -0.4 is 4.74 Å². The maximum Gasteiger partial charge on any atom is 0.346 e. The van der Waals surface area contributed by atoms with Gasteiger partial charge in [-0.2, -0.15) is 0 Å². The first-order valence-electron chi connectivity index (χ1n) is 5.09. The molecule has 0 fully saturated rings. The van der Waals surface area contributed by atoms with E-state index in [1.807, 2.05) is 0 Å². The summed E-state index contributed by atoms with van der Waals surface area (Å²) < 4.78 is 31.2. The molecule has 0 aliphatic heterocycles. The van der Waals surface area contributed by atoms with Gasteiger partial charge in [-0.15, -0.1) is 0 Å². The Hall–Kier alpha value is -1.65. The summed E-state index contributed by atoms with van der Waals surface area (Å²) in [6, 6.07) is 6.64. The van der Waals surface area contributed by atoms with Gasteiger partial charge >= 0.3 is 5.97 Å². The summed E-state index contributed by atoms with van der Waals surface area (Å²) in [6.07, 6.45) is 0. The molecule has 2 aromatic rings. The van der Waals surface area contributed by atoms with Gasteiger partial charge < -0.3 is 4.74 Å². The van der Waals surface area contributed by atoms with Crippen LogP contribution in [-0.2, 0) is 0 Å². The molecule has 0 saturated heterocycles. The van der Waals surface area contributed by atoms with Gasteiger partial charge in [0.15, 0.2) is 0 Å². The average molecular weight is 303 g/mol. The maximum atomic E-state index is 13.4. The average Bonchev–Trinajstić information content (AvgIpc) is 2.36. The fourth-order valence-corrected chi connectivity index (χ4v) is 1.64. The minimum Gasteiger partial charge on any atom is -0.423 e. The number of carbonyl (C=O) groups excluding carboxylic acids is 1. The van der Waals surface area contributed by atoms with Crippen molar-refractivity contribution in [1.29, 1.82) is 0 Å². The molecule has 0 heterocycles. The van der Waals surface area contributed by atoms with Crippen molar-refractivity contribution in [1.82, 2.24) is 0 Å². The third kappa shape index (κ3) is 3.22. The van der Waals surface area contributed by atoms with Crippen LogP contribution in [0.5, 0.6) is 5.75 Å². The van der Waals surface area contributed by atoms with Gasteiger partial charge in [0.2, 0.25) is 0 Å². The number of hydrogen-bond acceptors (Lipinski definition) is 2. The molecule has 0 aromatic heterocycles. The van der Waals surface area contributed by atoms with Crippen LogP contribution in [0.1, 0.15) is 10.4 Å². The molecule has 0 aliphatic rings. The number of ether oxygens (including phenoxy) is 1. The van der Waals surface area contributed by atoms with Crippen molar-refractivity contribution in [2.75, 3.05) is 0 Å². The van der Waals surface area contributed by atoms with Gasteiger partial charge in [0.1, 0.15) is 17.4 Å². The van der Waals surface area contributed by atoms with Gasteiger partial charge in [-0.05, 0) is 30.3 Å². The second-order valence-corrected chi connectivity index (χ2v) is 4.40. The van der Waals surface area contributed by atoms with E-state index in [-0.39, 0.29) is 10.8 Å². The monoisotopic (exact) mass is 302 g/mol. The fourth-order valence-electron chi connectivity index (χ4n) is 1.36. The van der Waals surface area contributed by atoms with Gasteiger partial charge in [-0.1, -0.05) is 23.2 Å². The predicted octanol–water partition coefficient (Wildman–Crippen LogP) is 4.49. The van der Waals surface area contributed by atoms with Crippen LogP contribution in [0.15, 0.2) is 36.4 Å². The summed E-state index contributed by atoms with van der Waals surface area (Å²) in [6.45, 7) is 0. The number of rotatable bonds is 2. The quantitative estimate of drug-likeness (QED) is 0.603. The van der Waals surface area contributed by atoms with E-state index in [2.05, 4.69) is 0 Å². The number of halogens is 4. The molecule has 0 bridgehead atoms. The minimum absolute atomic E-state index is 0.0862. The first-order chi connectivity index (χ1) is 8.97. The molecule has 0 saturated carbocycles. The van der Waals surface area contributed by atoms with E-state index in [9.17, 15) is 13.6 Å². The first kappa shape index (κ1) is 13.8. The van der Waals surface area contributed by atoms with E-state index in [0.717, 1.165) is 18.2 Å². The zero-order valence-electron chi connectivity index (χ0n) is 9.29. The van der Waals surface area contributed by atoms with Crippen molar-refractivity contribution < 1.29 is 18.3 Å². The molecule has 0 atom stereocenters. The van der Waals surface area contributed by atoms with E-state index in [4.69, 9.17) is 27.9 Å². The molecule has 0 aliphatic carbocycles. The zero-order chi connectivity index (χ0) is 14.0. The van der Waals surface area contributed by atoms with Crippen LogP contribution in [0.4, 0.5) is 8.78 Å². The summed E-state index contributed by atoms with van der Waals surface area (Å²) in [5, 5.41) is 0.477. The smallest absolute Gasteiger partial charge is 0.346 e. The van der Waals surface area contributed by atoms with Gasteiger partial charge in [0, 0.05) is 6.07 Å². The molecule has 0 spiro atoms. The molecular formula is C13H6Cl2F2O2. The maximum absolute atomic E-state index is 13.4. The highest BCUT2D eigenvalue weighted by Crippen LogP contribution is 2.27. The second-order valence-electron chi connectivity index (χ2n) is 3.59. The lowest BCUT2D eigenvalue weighted by Gasteiger charge is -2.06. The third-order valence-electron chi connectivity index (χ3n) is 2.25. The molecule has 2 aromatic carbocycles. The van der Waals surface area contributed by atoms with Crippen molar-refractivity contribution in [3.8, 4) is 5.75 Å². The van der Waals surface area contributed by atoms with Crippen LogP contribution in [0, 0.1) is 11.6 Å². The van der Waals surface area contributed by atoms with Crippen molar-refractivity contribution in [2.45, 2.75) is 0 Å². The Bertz CT molecular complexity index is 645. The van der Waals surface area contributed by atoms with Crippen LogP contribution >= 0.6 is 23.2 Å². The lowest BCUT2D eigenvalue weighted by molar-refractivity contribution is 0.0729. The van der Waals surface area contributed by atoms with Crippen LogP contribution in [-0.4, -0.2) is 5.97 Å². The van der Waals surface area contributed by atoms with Gasteiger partial charge in [0.25, 0.3) is 0 Å². The van der Waals surface area contributed by atoms with Crippen LogP contribution in [0.25, 0.3) is 0 Å². The second kappa shape index (κ2) is 5.55. The summed E-state index contributed by atoms with van der Waals surface area (Å²) in [5.74, 6) is -2.53. The summed E-state index contributed by atoms with van der Waals surface area (Å²) in [5.41, 5.74) is -0.494. The largest absolute Gasteiger partial charge is 0.423 e. The Balaban J connectivity index is 2.25. The molecule has 0 N–H and O–H groups in total. The highest BCUT2D eigenvalue weighted by Gasteiger charge is 2.15. The van der Waals surface area contributed by atoms with E-state index in [1.54, 1.807) is 0 Å². The molecule has 0 amide bonds. The molecular weight excluding hydrogens is 297 g/mol. The first-order valence-corrected chi connectivity index (χ1v) is 5.85. The van der Waals surface area contributed by atoms with Crippen molar-refractivity contribution in [2.24, 2.45) is 0 Å². The van der Waals surface area contributed by atoms with Crippen molar-refractivity contribution in [3.05, 3.63) is 63.6 Å². The molecule has 2 rings (SSSR count). The summed E-state index contributed by atoms with van der Waals surface area (Å²) in [4.78, 5) is 11.7. The lowest BCUT2D eigenvalue weighted by atomic mass is 10.2. The highest BCUT2D eigenvalue weighted by atomic mass is 35.5. The molecule has 6 heteroatoms. The molecule has 2 nitrogen and oxygen atoms in total. The lowest BCUT2D eigenvalue weighted by Crippen LogP contribution is -2.11. The Morgan fingerprint density at radius 3 is 2.42 bits per heavy atom. The van der Waals surface area contributed by atoms with Gasteiger partial charge in [-0.25, -0.2) is 13.6 Å². The summed E-state index contributed by atoms with van der Waals surface area (Å²) in [7, 11) is 0. The Kier molecular flexibility index (Phi) is 4.02. The van der Waals surface area contributed by atoms with E-state index in [0.29, 0.717) is 5.02 Å². The number of esters is 1. The molecule has 0 radical (unpaired) electrons. The summed E-state index contributed by atoms with van der Waals surface area (Å²) >= 11 is 11.4. The fraction of sp³-hybridized carbons (Fsp3) is 0. The van der Waals surface area contributed by atoms with Gasteiger partial charge in [-0.3, -0.25) is 0 Å². The predicted molar refractivity (Wildman–Crippen MR) is 67.8 cm³/mol. The van der Waals surface area contributed by atoms with Crippen LogP contribution in [0.3, 0.4) is 0 Å². The Morgan fingerprint density at radius 2 is 1.74 bits per heavy atom. The number of carbonyl (C=O) groups is 1. The normalized spacial score (nSPS) is 10.3. The van der Waals surface area contributed by atoms with E-state index in [1.165, 1.54) is 18.2 Å². The third-order valence-corrected chi connectivity index (χ3v) is 2.99. The minimum atomic E-state index is -1.02. The zero-order valence-corrected chi connectivity index (χ0v) is 10.8.